The highest BCUT2D eigenvalue weighted by Gasteiger charge is 2.10. The molecule has 0 atom stereocenters. The molecule has 0 bridgehead atoms. The molecule has 0 saturated heterocycles. The minimum absolute atomic E-state index is 0.000245. The molecular weight excluding hydrogens is 282 g/mol. The molecule has 0 amide bonds. The Morgan fingerprint density at radius 1 is 1.00 bits per heavy atom. The van der Waals surface area contributed by atoms with Gasteiger partial charge >= 0.3 is 5.97 Å². The molecule has 0 fully saturated rings. The first-order chi connectivity index (χ1) is 10.1. The van der Waals surface area contributed by atoms with Crippen LogP contribution in [0.25, 0.3) is 0 Å². The number of rotatable bonds is 6. The van der Waals surface area contributed by atoms with E-state index in [1.54, 1.807) is 12.1 Å². The molecule has 4 nitrogen and oxygen atoms in total. The predicted molar refractivity (Wildman–Crippen MR) is 70.7 cm³/mol. The summed E-state index contributed by atoms with van der Waals surface area (Å²) in [5.41, 5.74) is 0.0226. The average Bonchev–Trinajstić information content (AvgIpc) is 2.47. The van der Waals surface area contributed by atoms with Gasteiger partial charge in [0.05, 0.1) is 0 Å². The molecule has 110 valence electrons. The van der Waals surface area contributed by atoms with E-state index in [0.29, 0.717) is 0 Å². The van der Waals surface area contributed by atoms with E-state index in [2.05, 4.69) is 0 Å². The second kappa shape index (κ2) is 6.69. The quantitative estimate of drug-likeness (QED) is 0.832. The van der Waals surface area contributed by atoms with Crippen molar-refractivity contribution >= 4 is 5.97 Å². The van der Waals surface area contributed by atoms with Gasteiger partial charge in [0, 0.05) is 6.07 Å². The third kappa shape index (κ3) is 3.92. The summed E-state index contributed by atoms with van der Waals surface area (Å²) in [5, 5.41) is 8.96. The van der Waals surface area contributed by atoms with E-state index in [1.807, 2.05) is 0 Å². The van der Waals surface area contributed by atoms with Gasteiger partial charge in [0.2, 0.25) is 0 Å². The van der Waals surface area contributed by atoms with E-state index in [4.69, 9.17) is 14.6 Å². The van der Waals surface area contributed by atoms with Crippen molar-refractivity contribution in [3.63, 3.8) is 0 Å². The van der Waals surface area contributed by atoms with E-state index in [1.165, 1.54) is 12.1 Å². The Morgan fingerprint density at radius 3 is 2.38 bits per heavy atom. The fourth-order valence-electron chi connectivity index (χ4n) is 1.66. The number of ether oxygens (including phenoxy) is 2. The number of aromatic carboxylic acids is 1. The fourth-order valence-corrected chi connectivity index (χ4v) is 1.66. The highest BCUT2D eigenvalue weighted by Crippen LogP contribution is 2.19. The van der Waals surface area contributed by atoms with Crippen LogP contribution in [0.15, 0.2) is 42.5 Å². The summed E-state index contributed by atoms with van der Waals surface area (Å²) in [7, 11) is 0. The first-order valence-corrected chi connectivity index (χ1v) is 6.11. The van der Waals surface area contributed by atoms with Crippen molar-refractivity contribution in [2.24, 2.45) is 0 Å². The SMILES string of the molecule is O=C(O)c1ccccc1OCCOc1cc(F)ccc1F. The molecule has 0 heterocycles. The van der Waals surface area contributed by atoms with Gasteiger partial charge in [0.25, 0.3) is 0 Å². The van der Waals surface area contributed by atoms with E-state index in [9.17, 15) is 13.6 Å². The summed E-state index contributed by atoms with van der Waals surface area (Å²) >= 11 is 0. The number of benzene rings is 2. The van der Waals surface area contributed by atoms with Gasteiger partial charge in [-0.1, -0.05) is 12.1 Å². The Balaban J connectivity index is 1.91. The summed E-state index contributed by atoms with van der Waals surface area (Å²) in [6.07, 6.45) is 0. The average molecular weight is 294 g/mol. The first-order valence-electron chi connectivity index (χ1n) is 6.11. The number of carboxylic acid groups (broad SMARTS) is 1. The first kappa shape index (κ1) is 14.8. The van der Waals surface area contributed by atoms with Crippen LogP contribution in [-0.2, 0) is 0 Å². The third-order valence-electron chi connectivity index (χ3n) is 2.61. The van der Waals surface area contributed by atoms with Gasteiger partial charge in [-0.25, -0.2) is 13.6 Å². The fraction of sp³-hybridized carbons (Fsp3) is 0.133. The lowest BCUT2D eigenvalue weighted by molar-refractivity contribution is 0.0691. The van der Waals surface area contributed by atoms with E-state index in [-0.39, 0.29) is 30.3 Å². The monoisotopic (exact) mass is 294 g/mol. The Hall–Kier alpha value is -2.63. The van der Waals surface area contributed by atoms with Crippen LogP contribution in [0.2, 0.25) is 0 Å². The molecule has 6 heteroatoms. The number of hydrogen-bond donors (Lipinski definition) is 1. The Morgan fingerprint density at radius 2 is 1.67 bits per heavy atom. The van der Waals surface area contributed by atoms with Gasteiger partial charge in [0.15, 0.2) is 11.6 Å². The Bertz CT molecular complexity index is 643. The van der Waals surface area contributed by atoms with Crippen molar-refractivity contribution < 1.29 is 28.2 Å². The van der Waals surface area contributed by atoms with Gasteiger partial charge in [-0.2, -0.15) is 0 Å². The molecule has 0 aliphatic carbocycles. The minimum atomic E-state index is -1.11. The van der Waals surface area contributed by atoms with Crippen molar-refractivity contribution in [3.8, 4) is 11.5 Å². The summed E-state index contributed by atoms with van der Waals surface area (Å²) < 4.78 is 36.5. The largest absolute Gasteiger partial charge is 0.489 e. The lowest BCUT2D eigenvalue weighted by atomic mass is 10.2. The van der Waals surface area contributed by atoms with Gasteiger partial charge in [-0.05, 0) is 24.3 Å². The predicted octanol–water partition coefficient (Wildman–Crippen LogP) is 3.12. The Kier molecular flexibility index (Phi) is 4.71. The zero-order valence-electron chi connectivity index (χ0n) is 10.9. The van der Waals surface area contributed by atoms with Crippen molar-refractivity contribution in [2.75, 3.05) is 13.2 Å². The van der Waals surface area contributed by atoms with E-state index < -0.39 is 17.6 Å². The number of hydrogen-bond acceptors (Lipinski definition) is 3. The van der Waals surface area contributed by atoms with Crippen LogP contribution in [0.4, 0.5) is 8.78 Å². The van der Waals surface area contributed by atoms with Crippen LogP contribution < -0.4 is 9.47 Å². The van der Waals surface area contributed by atoms with Crippen LogP contribution in [-0.4, -0.2) is 24.3 Å². The van der Waals surface area contributed by atoms with Gasteiger partial charge in [-0.3, -0.25) is 0 Å². The number of carbonyl (C=O) groups is 1. The number of para-hydroxylation sites is 1. The maximum atomic E-state index is 13.3. The summed E-state index contributed by atoms with van der Waals surface area (Å²) in [4.78, 5) is 11.0. The summed E-state index contributed by atoms with van der Waals surface area (Å²) in [6, 6.07) is 9.01. The molecule has 0 aliphatic rings. The van der Waals surface area contributed by atoms with Crippen LogP contribution >= 0.6 is 0 Å². The molecule has 0 spiro atoms. The second-order valence-electron chi connectivity index (χ2n) is 4.07. The topological polar surface area (TPSA) is 55.8 Å². The van der Waals surface area contributed by atoms with Crippen LogP contribution in [0.5, 0.6) is 11.5 Å². The van der Waals surface area contributed by atoms with Crippen molar-refractivity contribution in [2.45, 2.75) is 0 Å². The van der Waals surface area contributed by atoms with Crippen LogP contribution in [0.3, 0.4) is 0 Å². The second-order valence-corrected chi connectivity index (χ2v) is 4.07. The molecule has 2 aromatic rings. The highest BCUT2D eigenvalue weighted by molar-refractivity contribution is 5.90. The molecule has 0 aromatic heterocycles. The molecule has 1 N–H and O–H groups in total. The maximum absolute atomic E-state index is 13.3. The van der Waals surface area contributed by atoms with E-state index >= 15 is 0 Å². The third-order valence-corrected chi connectivity index (χ3v) is 2.61. The van der Waals surface area contributed by atoms with Gasteiger partial charge in [0.1, 0.15) is 30.3 Å². The lowest BCUT2D eigenvalue weighted by Gasteiger charge is -2.10. The number of halogens is 2. The van der Waals surface area contributed by atoms with Crippen molar-refractivity contribution in [1.82, 2.24) is 0 Å². The minimum Gasteiger partial charge on any atom is -0.489 e. The van der Waals surface area contributed by atoms with Crippen molar-refractivity contribution in [1.29, 1.82) is 0 Å². The van der Waals surface area contributed by atoms with Crippen molar-refractivity contribution in [3.05, 3.63) is 59.7 Å². The molecule has 0 unspecified atom stereocenters. The molecule has 0 radical (unpaired) electrons. The van der Waals surface area contributed by atoms with Crippen LogP contribution in [0.1, 0.15) is 10.4 Å². The molecule has 0 aliphatic heterocycles. The highest BCUT2D eigenvalue weighted by atomic mass is 19.1. The van der Waals surface area contributed by atoms with Crippen LogP contribution in [0, 0.1) is 11.6 Å². The zero-order valence-corrected chi connectivity index (χ0v) is 10.9. The molecule has 0 saturated carbocycles. The maximum Gasteiger partial charge on any atom is 0.339 e. The summed E-state index contributed by atoms with van der Waals surface area (Å²) in [5.74, 6) is -2.42. The number of carboxylic acids is 1. The van der Waals surface area contributed by atoms with Gasteiger partial charge < -0.3 is 14.6 Å². The molecular formula is C15H12F2O4. The Labute approximate surface area is 119 Å². The molecule has 21 heavy (non-hydrogen) atoms. The zero-order chi connectivity index (χ0) is 15.2. The molecule has 2 aromatic carbocycles. The smallest absolute Gasteiger partial charge is 0.339 e. The normalized spacial score (nSPS) is 10.2. The van der Waals surface area contributed by atoms with E-state index in [0.717, 1.165) is 18.2 Å². The van der Waals surface area contributed by atoms with Gasteiger partial charge in [-0.15, -0.1) is 0 Å². The standard InChI is InChI=1S/C15H12F2O4/c16-10-5-6-12(17)14(9-10)21-8-7-20-13-4-2-1-3-11(13)15(18)19/h1-6,9H,7-8H2,(H,18,19). The lowest BCUT2D eigenvalue weighted by Crippen LogP contribution is -2.11. The summed E-state index contributed by atoms with van der Waals surface area (Å²) in [6.45, 7) is -0.0471. The molecule has 2 rings (SSSR count).